The molecule has 0 aromatic rings. The minimum absolute atomic E-state index is 0.0189. The lowest BCUT2D eigenvalue weighted by molar-refractivity contribution is -0.195. The van der Waals surface area contributed by atoms with Crippen LogP contribution in [0.15, 0.2) is 12.2 Å². The van der Waals surface area contributed by atoms with Gasteiger partial charge in [0, 0.05) is 5.57 Å². The molecular weight excluding hydrogens is 472 g/mol. The lowest BCUT2D eigenvalue weighted by atomic mass is 10.4. The second-order valence-electron chi connectivity index (χ2n) is 6.60. The maximum absolute atomic E-state index is 11.1. The van der Waals surface area contributed by atoms with Gasteiger partial charge in [0.15, 0.2) is 20.4 Å². The molecular formula is C22H42O13. The number of carbonyl (C=O) groups is 1. The number of aliphatic hydroxyl groups excluding tert-OH is 1. The zero-order chi connectivity index (χ0) is 25.7. The number of hydrogen-bond donors (Lipinski definition) is 1. The Labute approximate surface area is 207 Å². The summed E-state index contributed by atoms with van der Waals surface area (Å²) < 4.78 is 56.8. The van der Waals surface area contributed by atoms with Crippen LogP contribution in [0.1, 0.15) is 6.92 Å². The van der Waals surface area contributed by atoms with Crippen molar-refractivity contribution in [2.24, 2.45) is 0 Å². The quantitative estimate of drug-likeness (QED) is 0.0625. The summed E-state index contributed by atoms with van der Waals surface area (Å²) in [6, 6.07) is 0. The van der Waals surface area contributed by atoms with E-state index in [0.717, 1.165) is 0 Å². The molecule has 0 fully saturated rings. The second kappa shape index (κ2) is 29.0. The Morgan fingerprint density at radius 1 is 0.514 bits per heavy atom. The van der Waals surface area contributed by atoms with Crippen LogP contribution in [0.5, 0.6) is 0 Å². The molecule has 0 aliphatic heterocycles. The number of carbonyl (C=O) groups excluding carboxylic acids is 1. The molecule has 0 spiro atoms. The Balaban J connectivity index is 3.05. The molecule has 0 saturated heterocycles. The molecule has 208 valence electrons. The fourth-order valence-electron chi connectivity index (χ4n) is 1.94. The van der Waals surface area contributed by atoms with Gasteiger partial charge in [-0.15, -0.1) is 0 Å². The van der Waals surface area contributed by atoms with Crippen molar-refractivity contribution in [3.8, 4) is 0 Å². The SMILES string of the molecule is C=C(C)C(=O)OCOCOCOCOCCOCCOCCOCCOCCOCCOCCO. The molecule has 13 nitrogen and oxygen atoms in total. The first-order valence-corrected chi connectivity index (χ1v) is 11.4. The van der Waals surface area contributed by atoms with Crippen LogP contribution in [0.3, 0.4) is 0 Å². The Kier molecular flexibility index (Phi) is 28.0. The Morgan fingerprint density at radius 2 is 0.829 bits per heavy atom. The number of esters is 1. The first kappa shape index (κ1) is 33.8. The van der Waals surface area contributed by atoms with Crippen LogP contribution in [0.2, 0.25) is 0 Å². The van der Waals surface area contributed by atoms with Crippen LogP contribution < -0.4 is 0 Å². The molecule has 1 N–H and O–H groups in total. The molecule has 0 radical (unpaired) electrons. The molecule has 0 unspecified atom stereocenters. The minimum atomic E-state index is -0.521. The molecule has 0 aliphatic carbocycles. The molecule has 0 rings (SSSR count). The second-order valence-corrected chi connectivity index (χ2v) is 6.60. The topological polar surface area (TPSA) is 139 Å². The van der Waals surface area contributed by atoms with Gasteiger partial charge in [0.1, 0.15) is 6.79 Å². The average molecular weight is 515 g/mol. The highest BCUT2D eigenvalue weighted by Gasteiger charge is 2.01. The summed E-state index contributed by atoms with van der Waals surface area (Å²) in [6.45, 7) is 10.6. The van der Waals surface area contributed by atoms with Crippen molar-refractivity contribution in [3.05, 3.63) is 12.2 Å². The Hall–Kier alpha value is -1.23. The summed E-state index contributed by atoms with van der Waals surface area (Å²) in [5.41, 5.74) is 0.298. The number of rotatable bonds is 29. The normalized spacial score (nSPS) is 11.1. The van der Waals surface area contributed by atoms with Gasteiger partial charge < -0.3 is 57.2 Å². The number of ether oxygens (including phenoxy) is 11. The van der Waals surface area contributed by atoms with E-state index in [1.807, 2.05) is 0 Å². The summed E-state index contributed by atoms with van der Waals surface area (Å²) in [5.74, 6) is -0.521. The first-order valence-electron chi connectivity index (χ1n) is 11.4. The van der Waals surface area contributed by atoms with Crippen LogP contribution in [0.25, 0.3) is 0 Å². The number of aliphatic hydroxyl groups is 1. The summed E-state index contributed by atoms with van der Waals surface area (Å²) >= 11 is 0. The van der Waals surface area contributed by atoms with Crippen molar-refractivity contribution in [3.63, 3.8) is 0 Å². The maximum Gasteiger partial charge on any atom is 0.335 e. The Morgan fingerprint density at radius 3 is 1.20 bits per heavy atom. The van der Waals surface area contributed by atoms with Crippen molar-refractivity contribution in [1.29, 1.82) is 0 Å². The molecule has 0 aromatic heterocycles. The third kappa shape index (κ3) is 28.9. The molecule has 13 heteroatoms. The van der Waals surface area contributed by atoms with Crippen molar-refractivity contribution in [2.75, 3.05) is 120 Å². The zero-order valence-electron chi connectivity index (χ0n) is 20.8. The van der Waals surface area contributed by atoms with Crippen molar-refractivity contribution >= 4 is 5.97 Å². The van der Waals surface area contributed by atoms with Crippen molar-refractivity contribution < 1.29 is 62.0 Å². The van der Waals surface area contributed by atoms with Gasteiger partial charge in [0.2, 0.25) is 0 Å². The highest BCUT2D eigenvalue weighted by molar-refractivity contribution is 5.86. The molecule has 0 atom stereocenters. The molecule has 35 heavy (non-hydrogen) atoms. The molecule has 0 heterocycles. The van der Waals surface area contributed by atoms with Crippen LogP contribution >= 0.6 is 0 Å². The third-order valence-corrected chi connectivity index (χ3v) is 3.59. The van der Waals surface area contributed by atoms with E-state index in [0.29, 0.717) is 91.5 Å². The van der Waals surface area contributed by atoms with E-state index in [4.69, 9.17) is 57.2 Å². The standard InChI is InChI=1S/C22H42O13/c1-21(2)22(24)35-20-34-19-33-18-32-17-31-16-15-30-14-13-29-12-11-28-10-9-27-8-7-26-6-5-25-4-3-23/h23H,1,3-20H2,2H3. The van der Waals surface area contributed by atoms with Gasteiger partial charge in [0.25, 0.3) is 0 Å². The minimum Gasteiger partial charge on any atom is -0.435 e. The summed E-state index contributed by atoms with van der Waals surface area (Å²) in [4.78, 5) is 11.1. The summed E-state index contributed by atoms with van der Waals surface area (Å²) in [5, 5.41) is 8.54. The van der Waals surface area contributed by atoms with Gasteiger partial charge >= 0.3 is 5.97 Å². The highest BCUT2D eigenvalue weighted by Crippen LogP contribution is 1.92. The summed E-state index contributed by atoms with van der Waals surface area (Å²) in [6.07, 6.45) is 0. The van der Waals surface area contributed by atoms with Gasteiger partial charge in [-0.25, -0.2) is 4.79 Å². The van der Waals surface area contributed by atoms with Crippen molar-refractivity contribution in [2.45, 2.75) is 6.92 Å². The molecule has 0 aliphatic rings. The maximum atomic E-state index is 11.1. The lowest BCUT2D eigenvalue weighted by Crippen LogP contribution is -2.15. The van der Waals surface area contributed by atoms with E-state index < -0.39 is 5.97 Å². The van der Waals surface area contributed by atoms with Gasteiger partial charge in [-0.2, -0.15) is 0 Å². The van der Waals surface area contributed by atoms with E-state index in [1.54, 1.807) is 6.92 Å². The van der Waals surface area contributed by atoms with Crippen LogP contribution in [-0.4, -0.2) is 131 Å². The van der Waals surface area contributed by atoms with Crippen LogP contribution in [0, 0.1) is 0 Å². The fourth-order valence-corrected chi connectivity index (χ4v) is 1.94. The molecule has 0 saturated carbocycles. The van der Waals surface area contributed by atoms with Gasteiger partial charge in [-0.05, 0) is 6.92 Å². The van der Waals surface area contributed by atoms with Crippen LogP contribution in [-0.2, 0) is 56.9 Å². The number of hydrogen-bond acceptors (Lipinski definition) is 13. The smallest absolute Gasteiger partial charge is 0.335 e. The molecule has 0 aromatic carbocycles. The largest absolute Gasteiger partial charge is 0.435 e. The Bertz CT molecular complexity index is 465. The monoisotopic (exact) mass is 514 g/mol. The zero-order valence-corrected chi connectivity index (χ0v) is 20.8. The predicted molar refractivity (Wildman–Crippen MR) is 122 cm³/mol. The van der Waals surface area contributed by atoms with Gasteiger partial charge in [-0.1, -0.05) is 6.58 Å². The molecule has 0 bridgehead atoms. The lowest BCUT2D eigenvalue weighted by Gasteiger charge is -2.09. The average Bonchev–Trinajstić information content (AvgIpc) is 2.85. The van der Waals surface area contributed by atoms with Crippen molar-refractivity contribution in [1.82, 2.24) is 0 Å². The predicted octanol–water partition coefficient (Wildman–Crippen LogP) is 0.0940. The van der Waals surface area contributed by atoms with E-state index in [9.17, 15) is 4.79 Å². The summed E-state index contributed by atoms with van der Waals surface area (Å²) in [7, 11) is 0. The van der Waals surface area contributed by atoms with Crippen LogP contribution in [0.4, 0.5) is 0 Å². The van der Waals surface area contributed by atoms with Gasteiger partial charge in [0.05, 0.1) is 92.5 Å². The molecule has 0 amide bonds. The van der Waals surface area contributed by atoms with E-state index in [1.165, 1.54) is 0 Å². The third-order valence-electron chi connectivity index (χ3n) is 3.59. The van der Waals surface area contributed by atoms with E-state index in [-0.39, 0.29) is 33.8 Å². The first-order chi connectivity index (χ1) is 17.2. The highest BCUT2D eigenvalue weighted by atomic mass is 16.8. The van der Waals surface area contributed by atoms with E-state index in [2.05, 4.69) is 6.58 Å². The fraction of sp³-hybridized carbons (Fsp3) is 0.864. The van der Waals surface area contributed by atoms with E-state index >= 15 is 0 Å². The van der Waals surface area contributed by atoms with Gasteiger partial charge in [-0.3, -0.25) is 0 Å².